The van der Waals surface area contributed by atoms with Crippen LogP contribution < -0.4 is 20.6 Å². The minimum absolute atomic E-state index is 0.233. The predicted molar refractivity (Wildman–Crippen MR) is 118 cm³/mol. The van der Waals surface area contributed by atoms with Gasteiger partial charge in [-0.1, -0.05) is 23.9 Å². The number of nitrogens with two attached hydrogens (primary N) is 1. The van der Waals surface area contributed by atoms with Crippen LogP contribution in [0.5, 0.6) is 11.5 Å². The van der Waals surface area contributed by atoms with Crippen molar-refractivity contribution >= 4 is 51.3 Å². The fraction of sp³-hybridized carbons (Fsp3) is 0.200. The monoisotopic (exact) mass is 444 g/mol. The van der Waals surface area contributed by atoms with Crippen molar-refractivity contribution in [2.45, 2.75) is 16.5 Å². The molecule has 0 aliphatic heterocycles. The number of benzene rings is 2. The zero-order chi connectivity index (χ0) is 21.5. The highest BCUT2D eigenvalue weighted by molar-refractivity contribution is 8.02. The van der Waals surface area contributed by atoms with Crippen molar-refractivity contribution in [3.05, 3.63) is 48.0 Å². The molecule has 30 heavy (non-hydrogen) atoms. The summed E-state index contributed by atoms with van der Waals surface area (Å²) >= 11 is 2.94. The highest BCUT2D eigenvalue weighted by atomic mass is 32.2. The second kappa shape index (κ2) is 10.1. The Morgan fingerprint density at radius 2 is 2.10 bits per heavy atom. The Hall–Kier alpha value is -3.11. The molecule has 0 saturated heterocycles. The largest absolute Gasteiger partial charge is 0.493 e. The zero-order valence-corrected chi connectivity index (χ0v) is 18.0. The number of para-hydroxylation sites is 1. The van der Waals surface area contributed by atoms with E-state index in [1.807, 2.05) is 24.3 Å². The molecule has 1 heterocycles. The van der Waals surface area contributed by atoms with E-state index in [-0.39, 0.29) is 17.8 Å². The van der Waals surface area contributed by atoms with Gasteiger partial charge in [-0.3, -0.25) is 9.59 Å². The van der Waals surface area contributed by atoms with Crippen LogP contribution >= 0.6 is 23.1 Å². The highest BCUT2D eigenvalue weighted by Crippen LogP contribution is 2.32. The minimum Gasteiger partial charge on any atom is -0.493 e. The molecule has 0 aliphatic rings. The topological polar surface area (TPSA) is 116 Å². The van der Waals surface area contributed by atoms with Crippen LogP contribution in [0, 0.1) is 0 Å². The van der Waals surface area contributed by atoms with Crippen LogP contribution in [0.4, 0.5) is 0 Å². The molecule has 1 aromatic heterocycles. The molecule has 0 spiro atoms. The fourth-order valence-electron chi connectivity index (χ4n) is 2.40. The van der Waals surface area contributed by atoms with E-state index in [9.17, 15) is 9.59 Å². The Morgan fingerprint density at radius 1 is 1.30 bits per heavy atom. The number of thiazole rings is 1. The van der Waals surface area contributed by atoms with Crippen LogP contribution in [-0.2, 0) is 9.59 Å². The number of hydrogen-bond donors (Lipinski definition) is 2. The van der Waals surface area contributed by atoms with Crippen molar-refractivity contribution in [2.75, 3.05) is 13.7 Å². The highest BCUT2D eigenvalue weighted by Gasteiger charge is 2.16. The van der Waals surface area contributed by atoms with Gasteiger partial charge in [0, 0.05) is 0 Å². The van der Waals surface area contributed by atoms with Gasteiger partial charge in [-0.2, -0.15) is 5.10 Å². The van der Waals surface area contributed by atoms with E-state index in [4.69, 9.17) is 15.2 Å². The predicted octanol–water partition coefficient (Wildman–Crippen LogP) is 2.80. The molecule has 8 nitrogen and oxygen atoms in total. The Bertz CT molecular complexity index is 1050. The molecule has 1 atom stereocenters. The quantitative estimate of drug-likeness (QED) is 0.298. The molecule has 3 aromatic rings. The van der Waals surface area contributed by atoms with Crippen molar-refractivity contribution in [3.8, 4) is 11.5 Å². The summed E-state index contributed by atoms with van der Waals surface area (Å²) in [7, 11) is 1.48. The van der Waals surface area contributed by atoms with Gasteiger partial charge in [-0.15, -0.1) is 11.3 Å². The lowest BCUT2D eigenvalue weighted by molar-refractivity contribution is -0.120. The van der Waals surface area contributed by atoms with Gasteiger partial charge in [-0.05, 0) is 42.8 Å². The maximum atomic E-state index is 12.3. The Kier molecular flexibility index (Phi) is 7.26. The second-order valence-corrected chi connectivity index (χ2v) is 8.73. The van der Waals surface area contributed by atoms with Crippen molar-refractivity contribution < 1.29 is 19.1 Å². The fourth-order valence-corrected chi connectivity index (χ4v) is 4.61. The van der Waals surface area contributed by atoms with Crippen LogP contribution in [-0.4, -0.2) is 42.0 Å². The molecular formula is C20H20N4O4S2. The molecule has 156 valence electrons. The molecule has 0 bridgehead atoms. The first-order chi connectivity index (χ1) is 14.5. The summed E-state index contributed by atoms with van der Waals surface area (Å²) in [4.78, 5) is 27.7. The standard InChI is InChI=1S/C20H20N4O4S2/c1-12(29-20-23-14-5-3-4-6-17(14)30-20)19(26)24-22-10-13-7-8-15(16(9-13)27-2)28-11-18(21)25/h3-10,12H,11H2,1-2H3,(H2,21,25)(H,24,26). The van der Waals surface area contributed by atoms with Gasteiger partial charge < -0.3 is 15.2 Å². The van der Waals surface area contributed by atoms with Crippen molar-refractivity contribution in [1.82, 2.24) is 10.4 Å². The third kappa shape index (κ3) is 5.71. The summed E-state index contributed by atoms with van der Waals surface area (Å²) in [6, 6.07) is 12.9. The van der Waals surface area contributed by atoms with E-state index in [0.29, 0.717) is 17.1 Å². The van der Waals surface area contributed by atoms with Crippen LogP contribution in [0.25, 0.3) is 10.2 Å². The summed E-state index contributed by atoms with van der Waals surface area (Å²) in [6.45, 7) is 1.56. The molecule has 3 N–H and O–H groups in total. The van der Waals surface area contributed by atoms with E-state index < -0.39 is 5.91 Å². The minimum atomic E-state index is -0.580. The molecule has 0 radical (unpaired) electrons. The SMILES string of the molecule is COc1cc(C=NNC(=O)C(C)Sc2nc3ccccc3s2)ccc1OCC(N)=O. The number of nitrogens with zero attached hydrogens (tertiary/aromatic N) is 2. The van der Waals surface area contributed by atoms with Gasteiger partial charge >= 0.3 is 0 Å². The molecule has 0 saturated carbocycles. The van der Waals surface area contributed by atoms with E-state index >= 15 is 0 Å². The summed E-state index contributed by atoms with van der Waals surface area (Å²) in [5.41, 5.74) is 9.22. The van der Waals surface area contributed by atoms with Crippen LogP contribution in [0.1, 0.15) is 12.5 Å². The number of methoxy groups -OCH3 is 1. The maximum Gasteiger partial charge on any atom is 0.255 e. The maximum absolute atomic E-state index is 12.3. The van der Waals surface area contributed by atoms with E-state index in [1.165, 1.54) is 25.1 Å². The third-order valence-electron chi connectivity index (χ3n) is 3.87. The van der Waals surface area contributed by atoms with Crippen molar-refractivity contribution in [2.24, 2.45) is 10.8 Å². The lowest BCUT2D eigenvalue weighted by atomic mass is 10.2. The summed E-state index contributed by atoms with van der Waals surface area (Å²) in [5.74, 6) is -0.00301. The number of rotatable bonds is 9. The molecule has 0 aliphatic carbocycles. The number of carbonyl (C=O) groups is 2. The molecule has 1 unspecified atom stereocenters. The number of nitrogens with one attached hydrogen (secondary N) is 1. The molecule has 2 aromatic carbocycles. The number of ether oxygens (including phenoxy) is 2. The molecule has 10 heteroatoms. The smallest absolute Gasteiger partial charge is 0.255 e. The van der Waals surface area contributed by atoms with Gasteiger partial charge in [-0.25, -0.2) is 10.4 Å². The lowest BCUT2D eigenvalue weighted by Gasteiger charge is -2.10. The van der Waals surface area contributed by atoms with Crippen LogP contribution in [0.2, 0.25) is 0 Å². The summed E-state index contributed by atoms with van der Waals surface area (Å²) < 4.78 is 12.4. The number of thioether (sulfide) groups is 1. The van der Waals surface area contributed by atoms with Gasteiger partial charge in [0.15, 0.2) is 22.4 Å². The normalized spacial score (nSPS) is 12.1. The molecule has 2 amide bonds. The second-order valence-electron chi connectivity index (χ2n) is 6.11. The molecule has 0 fully saturated rings. The Balaban J connectivity index is 1.57. The molecular weight excluding hydrogens is 424 g/mol. The Labute approximate surface area is 181 Å². The average Bonchev–Trinajstić information content (AvgIpc) is 3.14. The van der Waals surface area contributed by atoms with Gasteiger partial charge in [0.1, 0.15) is 0 Å². The first-order valence-corrected chi connectivity index (χ1v) is 10.6. The van der Waals surface area contributed by atoms with Crippen molar-refractivity contribution in [1.29, 1.82) is 0 Å². The lowest BCUT2D eigenvalue weighted by Crippen LogP contribution is -2.26. The number of carbonyl (C=O) groups excluding carboxylic acids is 2. The van der Waals surface area contributed by atoms with Gasteiger partial charge in [0.25, 0.3) is 11.8 Å². The average molecular weight is 445 g/mol. The van der Waals surface area contributed by atoms with Crippen LogP contribution in [0.3, 0.4) is 0 Å². The number of primary amides is 1. The number of aromatic nitrogens is 1. The van der Waals surface area contributed by atoms with Gasteiger partial charge in [0.05, 0.1) is 28.8 Å². The first kappa shape index (κ1) is 21.6. The molecule has 3 rings (SSSR count). The Morgan fingerprint density at radius 3 is 2.83 bits per heavy atom. The van der Waals surface area contributed by atoms with E-state index in [2.05, 4.69) is 15.5 Å². The number of fused-ring (bicyclic) bond motifs is 1. The number of hydrogen-bond acceptors (Lipinski definition) is 8. The first-order valence-electron chi connectivity index (χ1n) is 8.90. The zero-order valence-electron chi connectivity index (χ0n) is 16.3. The third-order valence-corrected chi connectivity index (χ3v) is 6.10. The summed E-state index contributed by atoms with van der Waals surface area (Å²) in [6.07, 6.45) is 1.49. The van der Waals surface area contributed by atoms with Crippen LogP contribution in [0.15, 0.2) is 51.9 Å². The summed E-state index contributed by atoms with van der Waals surface area (Å²) in [5, 5.41) is 3.64. The van der Waals surface area contributed by atoms with Crippen molar-refractivity contribution in [3.63, 3.8) is 0 Å². The number of hydrazone groups is 1. The number of amides is 2. The van der Waals surface area contributed by atoms with E-state index in [0.717, 1.165) is 14.6 Å². The van der Waals surface area contributed by atoms with E-state index in [1.54, 1.807) is 36.5 Å². The van der Waals surface area contributed by atoms with Gasteiger partial charge in [0.2, 0.25) is 0 Å².